The number of aromatic nitrogens is 2. The quantitative estimate of drug-likeness (QED) is 0.826. The summed E-state index contributed by atoms with van der Waals surface area (Å²) in [7, 11) is 1.75. The van der Waals surface area contributed by atoms with Crippen molar-refractivity contribution in [2.75, 3.05) is 19.0 Å². The van der Waals surface area contributed by atoms with Gasteiger partial charge < -0.3 is 10.1 Å². The molecule has 5 heteroatoms. The number of aryl methyl sites for hydroxylation is 1. The van der Waals surface area contributed by atoms with Crippen LogP contribution in [0.25, 0.3) is 0 Å². The van der Waals surface area contributed by atoms with E-state index in [0.29, 0.717) is 12.0 Å². The summed E-state index contributed by atoms with van der Waals surface area (Å²) >= 11 is 1.43. The van der Waals surface area contributed by atoms with E-state index in [1.54, 1.807) is 7.11 Å². The second-order valence-electron chi connectivity index (χ2n) is 3.69. The number of anilines is 1. The van der Waals surface area contributed by atoms with Crippen molar-refractivity contribution in [3.63, 3.8) is 0 Å². The Hall–Kier alpha value is -0.680. The number of methoxy groups -OCH3 is 1. The van der Waals surface area contributed by atoms with Crippen molar-refractivity contribution in [1.82, 2.24) is 9.36 Å². The lowest BCUT2D eigenvalue weighted by Gasteiger charge is -2.36. The van der Waals surface area contributed by atoms with Crippen LogP contribution in [-0.2, 0) is 4.74 Å². The lowest BCUT2D eigenvalue weighted by molar-refractivity contribution is 0.101. The first-order valence-electron chi connectivity index (χ1n) is 4.85. The van der Waals surface area contributed by atoms with Gasteiger partial charge in [0.25, 0.3) is 0 Å². The Bertz CT molecular complexity index is 302. The highest BCUT2D eigenvalue weighted by Gasteiger charge is 2.31. The highest BCUT2D eigenvalue weighted by atomic mass is 32.1. The molecule has 0 amide bonds. The average molecular weight is 213 g/mol. The molecule has 1 aliphatic carbocycles. The molecule has 0 bridgehead atoms. The van der Waals surface area contributed by atoms with Crippen LogP contribution in [0.5, 0.6) is 0 Å². The molecule has 1 aromatic heterocycles. The molecule has 0 unspecified atom stereocenters. The lowest BCUT2D eigenvalue weighted by Crippen LogP contribution is -2.40. The van der Waals surface area contributed by atoms with E-state index < -0.39 is 0 Å². The van der Waals surface area contributed by atoms with Gasteiger partial charge in [-0.1, -0.05) is 0 Å². The second kappa shape index (κ2) is 4.23. The van der Waals surface area contributed by atoms with Gasteiger partial charge >= 0.3 is 0 Å². The van der Waals surface area contributed by atoms with Crippen molar-refractivity contribution in [2.24, 2.45) is 5.92 Å². The van der Waals surface area contributed by atoms with Gasteiger partial charge in [0.15, 0.2) is 0 Å². The molecule has 0 radical (unpaired) electrons. The molecule has 0 spiro atoms. The molecule has 1 fully saturated rings. The third kappa shape index (κ3) is 2.04. The number of nitrogens with one attached hydrogen (secondary N) is 1. The zero-order valence-electron chi connectivity index (χ0n) is 8.49. The highest BCUT2D eigenvalue weighted by Crippen LogP contribution is 2.30. The van der Waals surface area contributed by atoms with Gasteiger partial charge in [-0.2, -0.15) is 4.37 Å². The predicted octanol–water partition coefficient (Wildman–Crippen LogP) is 1.68. The molecule has 0 aliphatic heterocycles. The first-order valence-corrected chi connectivity index (χ1v) is 5.62. The minimum absolute atomic E-state index is 0.530. The summed E-state index contributed by atoms with van der Waals surface area (Å²) in [5, 5.41) is 4.34. The van der Waals surface area contributed by atoms with Crippen LogP contribution in [0, 0.1) is 12.8 Å². The summed E-state index contributed by atoms with van der Waals surface area (Å²) in [4.78, 5) is 4.28. The molecule has 0 saturated heterocycles. The maximum atomic E-state index is 5.15. The van der Waals surface area contributed by atoms with Crippen LogP contribution in [0.4, 0.5) is 5.13 Å². The van der Waals surface area contributed by atoms with E-state index in [1.165, 1.54) is 24.4 Å². The number of nitrogens with zero attached hydrogens (tertiary/aromatic N) is 2. The van der Waals surface area contributed by atoms with E-state index in [1.807, 2.05) is 6.92 Å². The lowest BCUT2D eigenvalue weighted by atomic mass is 9.80. The molecule has 1 N–H and O–H groups in total. The van der Waals surface area contributed by atoms with Crippen molar-refractivity contribution in [2.45, 2.75) is 25.8 Å². The minimum atomic E-state index is 0.530. The van der Waals surface area contributed by atoms with Gasteiger partial charge in [0, 0.05) is 30.6 Å². The fourth-order valence-electron chi connectivity index (χ4n) is 1.69. The van der Waals surface area contributed by atoms with Gasteiger partial charge in [-0.05, 0) is 19.8 Å². The number of hydrogen-bond donors (Lipinski definition) is 1. The van der Waals surface area contributed by atoms with Gasteiger partial charge in [0.05, 0.1) is 6.61 Å². The Labute approximate surface area is 87.9 Å². The molecule has 0 aromatic carbocycles. The predicted molar refractivity (Wildman–Crippen MR) is 56.7 cm³/mol. The van der Waals surface area contributed by atoms with E-state index in [0.717, 1.165) is 17.6 Å². The Morgan fingerprint density at radius 3 is 2.93 bits per heavy atom. The molecule has 1 aliphatic rings. The molecule has 1 heterocycles. The van der Waals surface area contributed by atoms with E-state index in [9.17, 15) is 0 Å². The number of hydrogen-bond acceptors (Lipinski definition) is 5. The zero-order chi connectivity index (χ0) is 9.97. The van der Waals surface area contributed by atoms with Crippen LogP contribution >= 0.6 is 11.5 Å². The monoisotopic (exact) mass is 213 g/mol. The number of rotatable bonds is 4. The molecule has 14 heavy (non-hydrogen) atoms. The average Bonchev–Trinajstić information content (AvgIpc) is 2.55. The minimum Gasteiger partial charge on any atom is -0.384 e. The summed E-state index contributed by atoms with van der Waals surface area (Å²) in [6, 6.07) is 0.530. The summed E-state index contributed by atoms with van der Waals surface area (Å²) < 4.78 is 9.28. The Balaban J connectivity index is 1.86. The van der Waals surface area contributed by atoms with E-state index in [4.69, 9.17) is 4.74 Å². The summed E-state index contributed by atoms with van der Waals surface area (Å²) in [5.41, 5.74) is 0. The maximum Gasteiger partial charge on any atom is 0.202 e. The largest absolute Gasteiger partial charge is 0.384 e. The summed E-state index contributed by atoms with van der Waals surface area (Å²) in [6.07, 6.45) is 2.47. The zero-order valence-corrected chi connectivity index (χ0v) is 9.30. The van der Waals surface area contributed by atoms with Crippen LogP contribution in [-0.4, -0.2) is 29.1 Å². The van der Waals surface area contributed by atoms with E-state index in [2.05, 4.69) is 14.7 Å². The van der Waals surface area contributed by atoms with Crippen LogP contribution in [0.1, 0.15) is 18.7 Å². The first kappa shape index (κ1) is 9.86. The highest BCUT2D eigenvalue weighted by molar-refractivity contribution is 7.09. The molecule has 2 atom stereocenters. The van der Waals surface area contributed by atoms with Crippen molar-refractivity contribution < 1.29 is 4.74 Å². The van der Waals surface area contributed by atoms with Crippen molar-refractivity contribution in [3.05, 3.63) is 5.82 Å². The van der Waals surface area contributed by atoms with Gasteiger partial charge in [0.1, 0.15) is 5.82 Å². The summed E-state index contributed by atoms with van der Waals surface area (Å²) in [6.45, 7) is 2.75. The van der Waals surface area contributed by atoms with Crippen molar-refractivity contribution >= 4 is 16.7 Å². The van der Waals surface area contributed by atoms with Gasteiger partial charge in [-0.3, -0.25) is 0 Å². The molecule has 4 nitrogen and oxygen atoms in total. The number of ether oxygens (including phenoxy) is 1. The Kier molecular flexibility index (Phi) is 2.98. The van der Waals surface area contributed by atoms with Crippen molar-refractivity contribution in [1.29, 1.82) is 0 Å². The normalized spacial score (nSPS) is 25.9. The molecule has 2 rings (SSSR count). The molecule has 1 aromatic rings. The van der Waals surface area contributed by atoms with Crippen molar-refractivity contribution in [3.8, 4) is 0 Å². The maximum absolute atomic E-state index is 5.15. The topological polar surface area (TPSA) is 47.0 Å². The van der Waals surface area contributed by atoms with Gasteiger partial charge in [-0.25, -0.2) is 4.98 Å². The second-order valence-corrected chi connectivity index (χ2v) is 4.44. The van der Waals surface area contributed by atoms with Crippen LogP contribution < -0.4 is 5.32 Å². The molecule has 78 valence electrons. The summed E-state index contributed by atoms with van der Waals surface area (Å²) in [5.74, 6) is 1.49. The van der Waals surface area contributed by atoms with Crippen LogP contribution in [0.15, 0.2) is 0 Å². The Morgan fingerprint density at radius 2 is 2.43 bits per heavy atom. The molecular formula is C9H15N3OS. The van der Waals surface area contributed by atoms with Crippen LogP contribution in [0.2, 0.25) is 0 Å². The smallest absolute Gasteiger partial charge is 0.202 e. The molecular weight excluding hydrogens is 198 g/mol. The third-order valence-corrected chi connectivity index (χ3v) is 3.37. The van der Waals surface area contributed by atoms with E-state index >= 15 is 0 Å². The van der Waals surface area contributed by atoms with Gasteiger partial charge in [0.2, 0.25) is 5.13 Å². The fraction of sp³-hybridized carbons (Fsp3) is 0.778. The standard InChI is InChI=1S/C9H15N3OS/c1-6-10-9(14-12-6)11-8-4-3-7(8)5-13-2/h7-8H,3-5H2,1-2H3,(H,10,11,12)/t7-,8+/m1/s1. The Morgan fingerprint density at radius 1 is 1.57 bits per heavy atom. The first-order chi connectivity index (χ1) is 6.79. The van der Waals surface area contributed by atoms with Crippen LogP contribution in [0.3, 0.4) is 0 Å². The third-order valence-electron chi connectivity index (χ3n) is 2.63. The molecule has 1 saturated carbocycles. The fourth-order valence-corrected chi connectivity index (χ4v) is 2.32. The SMILES string of the molecule is COC[C@H]1CC[C@@H]1Nc1nc(C)ns1. The van der Waals surface area contributed by atoms with Gasteiger partial charge in [-0.15, -0.1) is 0 Å². The van der Waals surface area contributed by atoms with E-state index in [-0.39, 0.29) is 0 Å².